The molecular formula is C22H26N2O5. The van der Waals surface area contributed by atoms with E-state index in [1.54, 1.807) is 30.3 Å². The van der Waals surface area contributed by atoms with E-state index in [-0.39, 0.29) is 18.9 Å². The quantitative estimate of drug-likeness (QED) is 0.601. The Morgan fingerprint density at radius 2 is 1.66 bits per heavy atom. The molecule has 0 unspecified atom stereocenters. The number of esters is 1. The number of nitrogens with zero attached hydrogens (tertiary/aromatic N) is 1. The summed E-state index contributed by atoms with van der Waals surface area (Å²) in [6.45, 7) is 0.0851. The van der Waals surface area contributed by atoms with Gasteiger partial charge >= 0.3 is 5.97 Å². The number of carbonyl (C=O) groups excluding carboxylic acids is 2. The summed E-state index contributed by atoms with van der Waals surface area (Å²) in [7, 11) is 1.53. The Hall–Kier alpha value is -2.74. The summed E-state index contributed by atoms with van der Waals surface area (Å²) in [6.07, 6.45) is -2.03. The van der Waals surface area contributed by atoms with Gasteiger partial charge in [0.25, 0.3) is 0 Å². The molecule has 7 nitrogen and oxygen atoms in total. The van der Waals surface area contributed by atoms with Gasteiger partial charge in [0, 0.05) is 20.0 Å². The van der Waals surface area contributed by atoms with Gasteiger partial charge in [0.2, 0.25) is 5.91 Å². The predicted octanol–water partition coefficient (Wildman–Crippen LogP) is 0.954. The number of amides is 1. The lowest BCUT2D eigenvalue weighted by Crippen LogP contribution is -2.43. The molecule has 0 spiro atoms. The van der Waals surface area contributed by atoms with Crippen molar-refractivity contribution in [2.24, 2.45) is 0 Å². The van der Waals surface area contributed by atoms with Crippen LogP contribution in [0.15, 0.2) is 60.7 Å². The Balaban J connectivity index is 1.87. The highest BCUT2D eigenvalue weighted by Gasteiger charge is 2.50. The fourth-order valence-corrected chi connectivity index (χ4v) is 3.76. The van der Waals surface area contributed by atoms with Gasteiger partial charge in [-0.25, -0.2) is 4.79 Å². The second-order valence-electron chi connectivity index (χ2n) is 7.08. The van der Waals surface area contributed by atoms with Crippen molar-refractivity contribution in [1.82, 2.24) is 10.2 Å². The molecule has 1 saturated heterocycles. The van der Waals surface area contributed by atoms with Gasteiger partial charge in [-0.3, -0.25) is 9.69 Å². The normalized spacial score (nSPS) is 24.2. The molecule has 7 heteroatoms. The average Bonchev–Trinajstić information content (AvgIpc) is 2.99. The zero-order chi connectivity index (χ0) is 20.8. The molecule has 0 bridgehead atoms. The average molecular weight is 398 g/mol. The first-order valence-electron chi connectivity index (χ1n) is 9.60. The molecule has 0 saturated carbocycles. The van der Waals surface area contributed by atoms with Gasteiger partial charge in [0.05, 0.1) is 24.3 Å². The number of ether oxygens (including phenoxy) is 1. The second-order valence-corrected chi connectivity index (χ2v) is 7.08. The minimum absolute atomic E-state index is 0.0314. The fourth-order valence-electron chi connectivity index (χ4n) is 3.76. The molecule has 0 aromatic heterocycles. The lowest BCUT2D eigenvalue weighted by molar-refractivity contribution is -0.122. The number of hydrogen-bond donors (Lipinski definition) is 3. The molecule has 0 aliphatic carbocycles. The SMILES string of the molecule is CNC(=O)C[C@@H]1[C@@H](OC(=O)c2ccccc2)[C@H](O)[C@@H](CO)N1Cc1ccccc1. The van der Waals surface area contributed by atoms with E-state index in [0.29, 0.717) is 12.1 Å². The van der Waals surface area contributed by atoms with E-state index in [4.69, 9.17) is 4.74 Å². The molecule has 0 radical (unpaired) electrons. The van der Waals surface area contributed by atoms with Gasteiger partial charge in [-0.15, -0.1) is 0 Å². The van der Waals surface area contributed by atoms with Crippen LogP contribution in [0.2, 0.25) is 0 Å². The molecule has 29 heavy (non-hydrogen) atoms. The maximum absolute atomic E-state index is 12.6. The van der Waals surface area contributed by atoms with Gasteiger partial charge in [-0.05, 0) is 17.7 Å². The smallest absolute Gasteiger partial charge is 0.338 e. The van der Waals surface area contributed by atoms with E-state index >= 15 is 0 Å². The number of aliphatic hydroxyl groups excluding tert-OH is 2. The van der Waals surface area contributed by atoms with Crippen molar-refractivity contribution < 1.29 is 24.5 Å². The number of nitrogens with one attached hydrogen (secondary N) is 1. The van der Waals surface area contributed by atoms with Crippen LogP contribution >= 0.6 is 0 Å². The van der Waals surface area contributed by atoms with E-state index in [2.05, 4.69) is 5.32 Å². The highest BCUT2D eigenvalue weighted by Crippen LogP contribution is 2.32. The van der Waals surface area contributed by atoms with Crippen molar-refractivity contribution >= 4 is 11.9 Å². The molecule has 1 aliphatic heterocycles. The van der Waals surface area contributed by atoms with Crippen molar-refractivity contribution in [3.63, 3.8) is 0 Å². The maximum Gasteiger partial charge on any atom is 0.338 e. The molecule has 4 atom stereocenters. The first kappa shape index (κ1) is 21.0. The summed E-state index contributed by atoms with van der Waals surface area (Å²) < 4.78 is 5.65. The third-order valence-corrected chi connectivity index (χ3v) is 5.28. The summed E-state index contributed by atoms with van der Waals surface area (Å²) >= 11 is 0. The molecule has 1 fully saturated rings. The zero-order valence-electron chi connectivity index (χ0n) is 16.3. The zero-order valence-corrected chi connectivity index (χ0v) is 16.3. The van der Waals surface area contributed by atoms with Crippen LogP contribution < -0.4 is 5.32 Å². The van der Waals surface area contributed by atoms with Gasteiger partial charge in [0.1, 0.15) is 12.2 Å². The lowest BCUT2D eigenvalue weighted by Gasteiger charge is -2.29. The summed E-state index contributed by atoms with van der Waals surface area (Å²) in [5, 5.41) is 23.3. The first-order chi connectivity index (χ1) is 14.0. The van der Waals surface area contributed by atoms with Crippen LogP contribution in [-0.4, -0.2) is 64.9 Å². The van der Waals surface area contributed by atoms with E-state index in [0.717, 1.165) is 5.56 Å². The highest BCUT2D eigenvalue weighted by atomic mass is 16.6. The van der Waals surface area contributed by atoms with Crippen LogP contribution in [0, 0.1) is 0 Å². The van der Waals surface area contributed by atoms with Crippen LogP contribution in [0.1, 0.15) is 22.3 Å². The number of hydrogen-bond acceptors (Lipinski definition) is 6. The Bertz CT molecular complexity index is 814. The van der Waals surface area contributed by atoms with Crippen molar-refractivity contribution in [1.29, 1.82) is 0 Å². The Labute approximate surface area is 169 Å². The van der Waals surface area contributed by atoms with E-state index < -0.39 is 30.3 Å². The largest absolute Gasteiger partial charge is 0.454 e. The summed E-state index contributed by atoms with van der Waals surface area (Å²) in [6, 6.07) is 16.8. The van der Waals surface area contributed by atoms with E-state index in [1.807, 2.05) is 35.2 Å². The van der Waals surface area contributed by atoms with Crippen molar-refractivity contribution in [3.8, 4) is 0 Å². The van der Waals surface area contributed by atoms with E-state index in [1.165, 1.54) is 7.05 Å². The third kappa shape index (κ3) is 4.82. The molecule has 2 aromatic rings. The minimum Gasteiger partial charge on any atom is -0.454 e. The van der Waals surface area contributed by atoms with Crippen LogP contribution in [0.4, 0.5) is 0 Å². The number of aliphatic hydroxyl groups is 2. The Morgan fingerprint density at radius 3 is 2.24 bits per heavy atom. The molecule has 1 amide bonds. The third-order valence-electron chi connectivity index (χ3n) is 5.28. The van der Waals surface area contributed by atoms with Gasteiger partial charge in [-0.2, -0.15) is 0 Å². The predicted molar refractivity (Wildman–Crippen MR) is 107 cm³/mol. The monoisotopic (exact) mass is 398 g/mol. The Morgan fingerprint density at radius 1 is 1.03 bits per heavy atom. The van der Waals surface area contributed by atoms with Crippen molar-refractivity contribution in [2.45, 2.75) is 37.3 Å². The molecule has 3 N–H and O–H groups in total. The van der Waals surface area contributed by atoms with E-state index in [9.17, 15) is 19.8 Å². The minimum atomic E-state index is -1.12. The summed E-state index contributed by atoms with van der Waals surface area (Å²) in [5.41, 5.74) is 1.33. The van der Waals surface area contributed by atoms with Crippen LogP contribution in [0.5, 0.6) is 0 Å². The topological polar surface area (TPSA) is 99.1 Å². The molecular weight excluding hydrogens is 372 g/mol. The molecule has 2 aromatic carbocycles. The summed E-state index contributed by atoms with van der Waals surface area (Å²) in [4.78, 5) is 26.6. The molecule has 3 rings (SSSR count). The Kier molecular flexibility index (Phi) is 6.98. The highest BCUT2D eigenvalue weighted by molar-refractivity contribution is 5.89. The fraction of sp³-hybridized carbons (Fsp3) is 0.364. The van der Waals surface area contributed by atoms with Crippen LogP contribution in [0.25, 0.3) is 0 Å². The van der Waals surface area contributed by atoms with Gasteiger partial charge in [-0.1, -0.05) is 48.5 Å². The summed E-state index contributed by atoms with van der Waals surface area (Å²) in [5.74, 6) is -0.811. The number of likely N-dealkylation sites (tertiary alicyclic amines) is 1. The molecule has 154 valence electrons. The number of rotatable bonds is 7. The first-order valence-corrected chi connectivity index (χ1v) is 9.60. The van der Waals surface area contributed by atoms with Gasteiger partial charge < -0.3 is 20.3 Å². The van der Waals surface area contributed by atoms with Crippen molar-refractivity contribution in [2.75, 3.05) is 13.7 Å². The maximum atomic E-state index is 12.6. The van der Waals surface area contributed by atoms with Crippen molar-refractivity contribution in [3.05, 3.63) is 71.8 Å². The molecule has 1 heterocycles. The second kappa shape index (κ2) is 9.65. The number of benzene rings is 2. The van der Waals surface area contributed by atoms with Crippen LogP contribution in [0.3, 0.4) is 0 Å². The molecule has 1 aliphatic rings. The number of carbonyl (C=O) groups is 2. The lowest BCUT2D eigenvalue weighted by atomic mass is 10.0. The van der Waals surface area contributed by atoms with Crippen LogP contribution in [-0.2, 0) is 16.1 Å². The van der Waals surface area contributed by atoms with Gasteiger partial charge in [0.15, 0.2) is 0 Å². The standard InChI is InChI=1S/C22H26N2O5/c1-23-19(26)12-17-21(29-22(28)16-10-6-3-7-11-16)20(27)18(14-25)24(17)13-15-8-4-2-5-9-15/h2-11,17-18,20-21,25,27H,12-14H2,1H3,(H,23,26)/t17-,18-,20-,21-/m1/s1.